The molecule has 0 aromatic heterocycles. The van der Waals surface area contributed by atoms with Crippen LogP contribution in [0.15, 0.2) is 18.2 Å². The molecule has 16 heavy (non-hydrogen) atoms. The molecule has 0 bridgehead atoms. The fourth-order valence-electron chi connectivity index (χ4n) is 1.60. The first kappa shape index (κ1) is 11.2. The standard InChI is InChI=1S/C10H11FN2O2S/c11-9-5-8(13(14)15)1-2-10(9)12-7-3-4-16-6-7/h1-2,5,7,12H,3-4,6H2. The van der Waals surface area contributed by atoms with Crippen molar-refractivity contribution >= 4 is 23.1 Å². The average Bonchev–Trinajstić information content (AvgIpc) is 2.73. The summed E-state index contributed by atoms with van der Waals surface area (Å²) in [6.07, 6.45) is 1.00. The number of hydrogen-bond donors (Lipinski definition) is 1. The molecule has 1 aliphatic rings. The number of rotatable bonds is 3. The fraction of sp³-hybridized carbons (Fsp3) is 0.400. The molecule has 1 aromatic rings. The van der Waals surface area contributed by atoms with Gasteiger partial charge in [0, 0.05) is 17.9 Å². The molecular formula is C10H11FN2O2S. The van der Waals surface area contributed by atoms with Crippen LogP contribution in [0.1, 0.15) is 6.42 Å². The predicted octanol–water partition coefficient (Wildman–Crippen LogP) is 2.65. The summed E-state index contributed by atoms with van der Waals surface area (Å²) in [5.74, 6) is 1.47. The Hall–Kier alpha value is -1.30. The summed E-state index contributed by atoms with van der Waals surface area (Å²) in [7, 11) is 0. The van der Waals surface area contributed by atoms with Crippen molar-refractivity contribution in [2.24, 2.45) is 0 Å². The third kappa shape index (κ3) is 2.44. The molecule has 2 rings (SSSR count). The number of non-ortho nitro benzene ring substituents is 1. The second-order valence-electron chi connectivity index (χ2n) is 3.63. The van der Waals surface area contributed by atoms with Crippen molar-refractivity contribution in [2.45, 2.75) is 12.5 Å². The third-order valence-electron chi connectivity index (χ3n) is 2.45. The summed E-state index contributed by atoms with van der Waals surface area (Å²) < 4.78 is 13.5. The van der Waals surface area contributed by atoms with Gasteiger partial charge in [0.1, 0.15) is 0 Å². The maximum atomic E-state index is 13.5. The van der Waals surface area contributed by atoms with Crippen LogP contribution in [0.3, 0.4) is 0 Å². The van der Waals surface area contributed by atoms with Crippen molar-refractivity contribution < 1.29 is 9.31 Å². The molecule has 1 heterocycles. The van der Waals surface area contributed by atoms with Crippen LogP contribution in [-0.2, 0) is 0 Å². The molecule has 1 saturated heterocycles. The van der Waals surface area contributed by atoms with Gasteiger partial charge in [0.25, 0.3) is 5.69 Å². The molecule has 1 aliphatic heterocycles. The Bertz CT molecular complexity index is 408. The van der Waals surface area contributed by atoms with Crippen LogP contribution in [0.25, 0.3) is 0 Å². The van der Waals surface area contributed by atoms with E-state index in [-0.39, 0.29) is 11.7 Å². The van der Waals surface area contributed by atoms with E-state index in [2.05, 4.69) is 5.32 Å². The molecule has 1 aromatic carbocycles. The highest BCUT2D eigenvalue weighted by atomic mass is 32.2. The topological polar surface area (TPSA) is 55.2 Å². The zero-order valence-electron chi connectivity index (χ0n) is 8.48. The Morgan fingerprint density at radius 2 is 2.38 bits per heavy atom. The lowest BCUT2D eigenvalue weighted by atomic mass is 10.2. The van der Waals surface area contributed by atoms with Crippen molar-refractivity contribution in [1.82, 2.24) is 0 Å². The van der Waals surface area contributed by atoms with Crippen LogP contribution in [0.5, 0.6) is 0 Å². The van der Waals surface area contributed by atoms with Crippen molar-refractivity contribution in [3.8, 4) is 0 Å². The van der Waals surface area contributed by atoms with E-state index in [0.717, 1.165) is 24.0 Å². The Labute approximate surface area is 96.4 Å². The van der Waals surface area contributed by atoms with Crippen LogP contribution in [0.2, 0.25) is 0 Å². The Balaban J connectivity index is 2.12. The monoisotopic (exact) mass is 242 g/mol. The smallest absolute Gasteiger partial charge is 0.272 e. The van der Waals surface area contributed by atoms with Crippen LogP contribution >= 0.6 is 11.8 Å². The molecule has 1 atom stereocenters. The minimum atomic E-state index is -0.599. The summed E-state index contributed by atoms with van der Waals surface area (Å²) >= 11 is 1.82. The number of anilines is 1. The van der Waals surface area contributed by atoms with E-state index >= 15 is 0 Å². The highest BCUT2D eigenvalue weighted by Crippen LogP contribution is 2.25. The van der Waals surface area contributed by atoms with E-state index < -0.39 is 10.7 Å². The maximum Gasteiger partial charge on any atom is 0.272 e. The van der Waals surface area contributed by atoms with Crippen molar-refractivity contribution in [2.75, 3.05) is 16.8 Å². The largest absolute Gasteiger partial charge is 0.379 e. The molecule has 4 nitrogen and oxygen atoms in total. The number of nitrogens with zero attached hydrogens (tertiary/aromatic N) is 1. The number of nitro groups is 1. The van der Waals surface area contributed by atoms with Crippen LogP contribution in [0.4, 0.5) is 15.8 Å². The second-order valence-corrected chi connectivity index (χ2v) is 4.78. The predicted molar refractivity (Wildman–Crippen MR) is 62.4 cm³/mol. The Morgan fingerprint density at radius 1 is 1.56 bits per heavy atom. The molecule has 1 fully saturated rings. The zero-order chi connectivity index (χ0) is 11.5. The quantitative estimate of drug-likeness (QED) is 0.654. The number of hydrogen-bond acceptors (Lipinski definition) is 4. The SMILES string of the molecule is O=[N+]([O-])c1ccc(NC2CCSC2)c(F)c1. The van der Waals surface area contributed by atoms with Gasteiger partial charge in [0.15, 0.2) is 5.82 Å². The number of nitrogens with one attached hydrogen (secondary N) is 1. The van der Waals surface area contributed by atoms with Crippen LogP contribution in [0, 0.1) is 15.9 Å². The molecule has 0 spiro atoms. The van der Waals surface area contributed by atoms with E-state index in [9.17, 15) is 14.5 Å². The number of thioether (sulfide) groups is 1. The lowest BCUT2D eigenvalue weighted by molar-refractivity contribution is -0.385. The Kier molecular flexibility index (Phi) is 3.28. The molecule has 6 heteroatoms. The first-order chi connectivity index (χ1) is 7.66. The average molecular weight is 242 g/mol. The molecule has 1 N–H and O–H groups in total. The zero-order valence-corrected chi connectivity index (χ0v) is 9.30. The van der Waals surface area contributed by atoms with E-state index in [1.54, 1.807) is 0 Å². The lowest BCUT2D eigenvalue weighted by Crippen LogP contribution is -2.18. The summed E-state index contributed by atoms with van der Waals surface area (Å²) in [5, 5.41) is 13.5. The van der Waals surface area contributed by atoms with Gasteiger partial charge in [0.2, 0.25) is 0 Å². The molecule has 0 saturated carbocycles. The van der Waals surface area contributed by atoms with E-state index in [4.69, 9.17) is 0 Å². The molecular weight excluding hydrogens is 231 g/mol. The molecule has 0 aliphatic carbocycles. The third-order valence-corrected chi connectivity index (χ3v) is 3.62. The number of benzene rings is 1. The van der Waals surface area contributed by atoms with E-state index in [1.165, 1.54) is 12.1 Å². The number of nitro benzene ring substituents is 1. The minimum absolute atomic E-state index is 0.219. The highest BCUT2D eigenvalue weighted by Gasteiger charge is 2.17. The van der Waals surface area contributed by atoms with E-state index in [1.807, 2.05) is 11.8 Å². The summed E-state index contributed by atoms with van der Waals surface area (Å²) in [6, 6.07) is 3.95. The van der Waals surface area contributed by atoms with Gasteiger partial charge in [-0.3, -0.25) is 10.1 Å². The van der Waals surface area contributed by atoms with Gasteiger partial charge in [-0.05, 0) is 18.2 Å². The second kappa shape index (κ2) is 4.69. The van der Waals surface area contributed by atoms with Crippen LogP contribution < -0.4 is 5.32 Å². The van der Waals surface area contributed by atoms with Gasteiger partial charge in [-0.1, -0.05) is 0 Å². The maximum absolute atomic E-state index is 13.5. The van der Waals surface area contributed by atoms with Gasteiger partial charge in [0.05, 0.1) is 16.7 Å². The lowest BCUT2D eigenvalue weighted by Gasteiger charge is -2.13. The van der Waals surface area contributed by atoms with Crippen molar-refractivity contribution in [3.63, 3.8) is 0 Å². The summed E-state index contributed by atoms with van der Waals surface area (Å²) in [6.45, 7) is 0. The summed E-state index contributed by atoms with van der Waals surface area (Å²) in [4.78, 5) is 9.83. The Morgan fingerprint density at radius 3 is 2.94 bits per heavy atom. The summed E-state index contributed by atoms with van der Waals surface area (Å²) in [5.41, 5.74) is 0.127. The minimum Gasteiger partial charge on any atom is -0.379 e. The van der Waals surface area contributed by atoms with Gasteiger partial charge < -0.3 is 5.32 Å². The molecule has 0 amide bonds. The highest BCUT2D eigenvalue weighted by molar-refractivity contribution is 7.99. The molecule has 1 unspecified atom stereocenters. The van der Waals surface area contributed by atoms with Gasteiger partial charge in [-0.15, -0.1) is 0 Å². The normalized spacial score (nSPS) is 19.7. The fourth-order valence-corrected chi connectivity index (χ4v) is 2.76. The van der Waals surface area contributed by atoms with Crippen molar-refractivity contribution in [3.05, 3.63) is 34.1 Å². The molecule has 86 valence electrons. The van der Waals surface area contributed by atoms with Gasteiger partial charge >= 0.3 is 0 Å². The van der Waals surface area contributed by atoms with Crippen molar-refractivity contribution in [1.29, 1.82) is 0 Å². The first-order valence-electron chi connectivity index (χ1n) is 4.95. The van der Waals surface area contributed by atoms with Gasteiger partial charge in [-0.2, -0.15) is 11.8 Å². The first-order valence-corrected chi connectivity index (χ1v) is 6.10. The molecule has 0 radical (unpaired) electrons. The number of halogens is 1. The van der Waals surface area contributed by atoms with Crippen LogP contribution in [-0.4, -0.2) is 22.5 Å². The van der Waals surface area contributed by atoms with E-state index in [0.29, 0.717) is 5.69 Å². The van der Waals surface area contributed by atoms with Gasteiger partial charge in [-0.25, -0.2) is 4.39 Å².